The van der Waals surface area contributed by atoms with Gasteiger partial charge in [-0.05, 0) is 44.0 Å². The number of pyridine rings is 1. The summed E-state index contributed by atoms with van der Waals surface area (Å²) < 4.78 is 25.8. The van der Waals surface area contributed by atoms with E-state index in [1.165, 1.54) is 12.1 Å². The Hall–Kier alpha value is -4.33. The number of hydrogen-bond donors (Lipinski definition) is 2. The largest absolute Gasteiger partial charge is 0.477 e. The molecule has 0 atom stereocenters. The number of benzene rings is 1. The third kappa shape index (κ3) is 6.53. The summed E-state index contributed by atoms with van der Waals surface area (Å²) in [7, 11) is 0. The van der Waals surface area contributed by atoms with Crippen molar-refractivity contribution in [2.75, 3.05) is 13.1 Å². The maximum Gasteiger partial charge on any atom is 0.354 e. The molecule has 0 bridgehead atoms. The van der Waals surface area contributed by atoms with Crippen molar-refractivity contribution in [2.24, 2.45) is 0 Å². The summed E-state index contributed by atoms with van der Waals surface area (Å²) in [5.41, 5.74) is 2.61. The van der Waals surface area contributed by atoms with Gasteiger partial charge >= 0.3 is 5.97 Å². The number of fused-ring (bicyclic) bond motifs is 1. The fraction of sp³-hybridized carbons (Fsp3) is 0.345. The number of imidazole rings is 2. The Labute approximate surface area is 252 Å². The number of ether oxygens (including phenoxy) is 1. The van der Waals surface area contributed by atoms with Crippen molar-refractivity contribution in [1.29, 1.82) is 0 Å². The standard InChI is InChI=1S/C29H30ClFN8O3.H3N/c1-2-37-18-32-14-22(37)15-38-26(33-24-5-6-25(29(40)41)34-28(24)38)16-36-10-7-21(8-11-36)39-12-9-27(35-39)42-17-19-3-4-20(30)13-23(19)31;/h3-6,9,12-14,18,21H,2,7-8,10-11,15-17H2,1H3,(H,40,41);1H3. The zero-order valence-corrected chi connectivity index (χ0v) is 24.5. The van der Waals surface area contributed by atoms with Crippen LogP contribution in [0.2, 0.25) is 5.02 Å². The van der Waals surface area contributed by atoms with E-state index in [-0.39, 0.29) is 24.5 Å². The molecular formula is C29H33ClFN9O3. The van der Waals surface area contributed by atoms with Gasteiger partial charge in [0.15, 0.2) is 11.3 Å². The topological polar surface area (TPSA) is 151 Å². The molecule has 0 unspecified atom stereocenters. The van der Waals surface area contributed by atoms with Crippen molar-refractivity contribution in [1.82, 2.24) is 44.9 Å². The Morgan fingerprint density at radius 2 is 1.95 bits per heavy atom. The van der Waals surface area contributed by atoms with E-state index in [0.29, 0.717) is 40.7 Å². The highest BCUT2D eigenvalue weighted by molar-refractivity contribution is 6.30. The number of halogens is 2. The Balaban J connectivity index is 0.00000368. The van der Waals surface area contributed by atoms with Gasteiger partial charge in [0.05, 0.1) is 31.2 Å². The first-order valence-corrected chi connectivity index (χ1v) is 14.2. The first-order valence-electron chi connectivity index (χ1n) is 13.8. The number of aromatic carboxylic acids is 1. The Morgan fingerprint density at radius 1 is 1.14 bits per heavy atom. The normalized spacial score (nSPS) is 14.2. The predicted octanol–water partition coefficient (Wildman–Crippen LogP) is 4.96. The zero-order chi connectivity index (χ0) is 29.2. The lowest BCUT2D eigenvalue weighted by molar-refractivity contribution is 0.0691. The third-order valence-electron chi connectivity index (χ3n) is 7.62. The molecule has 5 aromatic rings. The molecule has 0 saturated carbocycles. The van der Waals surface area contributed by atoms with Crippen LogP contribution in [0.25, 0.3) is 11.2 Å². The van der Waals surface area contributed by atoms with E-state index in [1.54, 1.807) is 30.6 Å². The fourth-order valence-electron chi connectivity index (χ4n) is 5.31. The minimum Gasteiger partial charge on any atom is -0.477 e. The second-order valence-electron chi connectivity index (χ2n) is 10.3. The summed E-state index contributed by atoms with van der Waals surface area (Å²) in [6.45, 7) is 5.66. The summed E-state index contributed by atoms with van der Waals surface area (Å²) >= 11 is 5.83. The first-order chi connectivity index (χ1) is 20.4. The van der Waals surface area contributed by atoms with Gasteiger partial charge in [-0.25, -0.2) is 24.1 Å². The second kappa shape index (κ2) is 12.9. The van der Waals surface area contributed by atoms with Gasteiger partial charge in [-0.15, -0.1) is 5.10 Å². The molecule has 4 aromatic heterocycles. The monoisotopic (exact) mass is 609 g/mol. The molecule has 6 rings (SSSR count). The van der Waals surface area contributed by atoms with Gasteiger partial charge in [-0.2, -0.15) is 0 Å². The summed E-state index contributed by atoms with van der Waals surface area (Å²) in [4.78, 5) is 27.5. The van der Waals surface area contributed by atoms with E-state index in [0.717, 1.165) is 44.0 Å². The van der Waals surface area contributed by atoms with Crippen LogP contribution in [-0.4, -0.2) is 62.9 Å². The Kier molecular flexibility index (Phi) is 9.04. The molecule has 43 heavy (non-hydrogen) atoms. The first kappa shape index (κ1) is 30.1. The summed E-state index contributed by atoms with van der Waals surface area (Å²) in [6.07, 6.45) is 7.28. The van der Waals surface area contributed by atoms with Gasteiger partial charge in [0, 0.05) is 48.7 Å². The van der Waals surface area contributed by atoms with Crippen molar-refractivity contribution in [3.8, 4) is 5.88 Å². The van der Waals surface area contributed by atoms with Crippen LogP contribution in [0.5, 0.6) is 5.88 Å². The molecule has 5 heterocycles. The van der Waals surface area contributed by atoms with Crippen molar-refractivity contribution < 1.29 is 19.0 Å². The molecule has 0 spiro atoms. The van der Waals surface area contributed by atoms with Crippen LogP contribution in [0.4, 0.5) is 4.39 Å². The smallest absolute Gasteiger partial charge is 0.354 e. The van der Waals surface area contributed by atoms with Crippen LogP contribution in [0.15, 0.2) is 55.1 Å². The summed E-state index contributed by atoms with van der Waals surface area (Å²) in [5.74, 6) is -0.209. The number of hydrogen-bond acceptors (Lipinski definition) is 8. The molecule has 1 aromatic carbocycles. The average Bonchev–Trinajstić information content (AvgIpc) is 3.72. The van der Waals surface area contributed by atoms with Crippen molar-refractivity contribution in [3.63, 3.8) is 0 Å². The van der Waals surface area contributed by atoms with Gasteiger partial charge in [0.25, 0.3) is 0 Å². The number of carbonyl (C=O) groups is 1. The predicted molar refractivity (Wildman–Crippen MR) is 158 cm³/mol. The maximum atomic E-state index is 14.1. The number of rotatable bonds is 10. The van der Waals surface area contributed by atoms with Crippen LogP contribution in [-0.2, 0) is 26.2 Å². The van der Waals surface area contributed by atoms with Crippen LogP contribution in [0.1, 0.15) is 53.4 Å². The van der Waals surface area contributed by atoms with E-state index in [2.05, 4.69) is 31.5 Å². The highest BCUT2D eigenvalue weighted by atomic mass is 35.5. The van der Waals surface area contributed by atoms with Gasteiger partial charge in [0.2, 0.25) is 5.88 Å². The molecular weight excluding hydrogens is 577 g/mol. The van der Waals surface area contributed by atoms with Gasteiger partial charge in [-0.1, -0.05) is 17.7 Å². The minimum absolute atomic E-state index is 0. The van der Waals surface area contributed by atoms with Crippen molar-refractivity contribution in [2.45, 2.75) is 52.0 Å². The van der Waals surface area contributed by atoms with Crippen molar-refractivity contribution in [3.05, 3.63) is 88.7 Å². The Bertz CT molecular complexity index is 1730. The van der Waals surface area contributed by atoms with Gasteiger partial charge < -0.3 is 25.1 Å². The van der Waals surface area contributed by atoms with Crippen LogP contribution in [0.3, 0.4) is 0 Å². The van der Waals surface area contributed by atoms with Crippen LogP contribution in [0, 0.1) is 5.82 Å². The molecule has 1 aliphatic heterocycles. The number of nitrogens with zero attached hydrogens (tertiary/aromatic N) is 8. The number of carboxylic acids is 1. The van der Waals surface area contributed by atoms with Gasteiger partial charge in [0.1, 0.15) is 23.8 Å². The number of aromatic nitrogens is 7. The molecule has 12 nitrogen and oxygen atoms in total. The molecule has 226 valence electrons. The molecule has 1 saturated heterocycles. The molecule has 1 aliphatic rings. The molecule has 1 fully saturated rings. The third-order valence-corrected chi connectivity index (χ3v) is 7.86. The highest BCUT2D eigenvalue weighted by Crippen LogP contribution is 2.26. The molecule has 0 aliphatic carbocycles. The molecule has 0 radical (unpaired) electrons. The summed E-state index contributed by atoms with van der Waals surface area (Å²) in [6, 6.07) is 9.72. The highest BCUT2D eigenvalue weighted by Gasteiger charge is 2.24. The van der Waals surface area contributed by atoms with Crippen LogP contribution < -0.4 is 10.9 Å². The van der Waals surface area contributed by atoms with E-state index < -0.39 is 11.8 Å². The van der Waals surface area contributed by atoms with E-state index in [1.807, 2.05) is 21.6 Å². The maximum absolute atomic E-state index is 14.1. The number of likely N-dealkylation sites (tertiary alicyclic amines) is 1. The second-order valence-corrected chi connectivity index (χ2v) is 10.7. The van der Waals surface area contributed by atoms with Crippen molar-refractivity contribution >= 4 is 28.7 Å². The molecule has 0 amide bonds. The number of aryl methyl sites for hydroxylation is 1. The minimum atomic E-state index is -1.07. The van der Waals surface area contributed by atoms with Crippen LogP contribution >= 0.6 is 11.6 Å². The zero-order valence-electron chi connectivity index (χ0n) is 23.7. The number of piperidine rings is 1. The molecule has 4 N–H and O–H groups in total. The fourth-order valence-corrected chi connectivity index (χ4v) is 5.47. The van der Waals surface area contributed by atoms with E-state index >= 15 is 0 Å². The van der Waals surface area contributed by atoms with E-state index in [4.69, 9.17) is 21.3 Å². The summed E-state index contributed by atoms with van der Waals surface area (Å²) in [5, 5.41) is 14.4. The quantitative estimate of drug-likeness (QED) is 0.224. The SMILES string of the molecule is CCn1cncc1Cn1c(CN2CCC(n3ccc(OCc4ccc(Cl)cc4F)n3)CC2)nc2ccc(C(=O)O)nc21.N. The van der Waals surface area contributed by atoms with Gasteiger partial charge in [-0.3, -0.25) is 9.58 Å². The lowest BCUT2D eigenvalue weighted by Gasteiger charge is -2.31. The number of carboxylic acid groups (broad SMARTS) is 1. The molecule has 14 heteroatoms. The Morgan fingerprint density at radius 3 is 2.70 bits per heavy atom. The van der Waals surface area contributed by atoms with E-state index in [9.17, 15) is 14.3 Å². The lowest BCUT2D eigenvalue weighted by Crippen LogP contribution is -2.35. The lowest BCUT2D eigenvalue weighted by atomic mass is 10.1. The average molecular weight is 610 g/mol.